The van der Waals surface area contributed by atoms with E-state index in [0.29, 0.717) is 12.2 Å². The van der Waals surface area contributed by atoms with Crippen molar-refractivity contribution in [2.45, 2.75) is 63.2 Å². The van der Waals surface area contributed by atoms with Gasteiger partial charge in [0.1, 0.15) is 18.1 Å². The summed E-state index contributed by atoms with van der Waals surface area (Å²) in [6.07, 6.45) is 2.39. The lowest BCUT2D eigenvalue weighted by Gasteiger charge is -2.23. The molecule has 12 N–H and O–H groups in total. The number of aliphatic imine (C=N–C) groups is 1. The number of nitrogens with two attached hydrogens (primary N) is 4. The number of primary amides is 1. The van der Waals surface area contributed by atoms with E-state index in [1.165, 1.54) is 18.7 Å². The quantitative estimate of drug-likeness (QED) is 0.0563. The van der Waals surface area contributed by atoms with Gasteiger partial charge in [0.25, 0.3) is 0 Å². The van der Waals surface area contributed by atoms with Crippen LogP contribution in [0.5, 0.6) is 0 Å². The van der Waals surface area contributed by atoms with Crippen molar-refractivity contribution in [2.24, 2.45) is 27.9 Å². The first kappa shape index (κ1) is 30.9. The van der Waals surface area contributed by atoms with Crippen molar-refractivity contribution in [3.05, 3.63) is 0 Å². The van der Waals surface area contributed by atoms with E-state index in [2.05, 4.69) is 20.9 Å². The Labute approximate surface area is 202 Å². The van der Waals surface area contributed by atoms with Gasteiger partial charge in [0.05, 0.1) is 6.04 Å². The summed E-state index contributed by atoms with van der Waals surface area (Å²) in [5.41, 5.74) is 21.2. The lowest BCUT2D eigenvalue weighted by molar-refractivity contribution is -0.142. The van der Waals surface area contributed by atoms with Gasteiger partial charge >= 0.3 is 5.97 Å². The molecule has 0 aliphatic rings. The minimum atomic E-state index is -1.24. The minimum absolute atomic E-state index is 0.0218. The van der Waals surface area contributed by atoms with Gasteiger partial charge in [-0.25, -0.2) is 4.79 Å². The summed E-state index contributed by atoms with van der Waals surface area (Å²) < 4.78 is 0. The number of carboxylic acids is 1. The van der Waals surface area contributed by atoms with E-state index in [-0.39, 0.29) is 38.2 Å². The van der Waals surface area contributed by atoms with Crippen LogP contribution in [0.1, 0.15) is 39.0 Å². The number of guanidine groups is 1. The third-order valence-electron chi connectivity index (χ3n) is 4.59. The van der Waals surface area contributed by atoms with Crippen LogP contribution < -0.4 is 38.9 Å². The molecule has 0 rings (SSSR count). The van der Waals surface area contributed by atoms with Crippen LogP contribution in [-0.2, 0) is 24.0 Å². The molecule has 0 aromatic heterocycles. The van der Waals surface area contributed by atoms with E-state index in [1.807, 2.05) is 6.26 Å². The van der Waals surface area contributed by atoms with Crippen molar-refractivity contribution in [2.75, 3.05) is 18.6 Å². The summed E-state index contributed by atoms with van der Waals surface area (Å²) in [6.45, 7) is 1.61. The SMILES string of the molecule is CSCCC(NC(=O)C(C)NC(=O)C(N)CCC(N)=O)C(=O)NC(CCCN=C(N)N)C(=O)O. The van der Waals surface area contributed by atoms with Gasteiger partial charge in [-0.3, -0.25) is 24.2 Å². The van der Waals surface area contributed by atoms with Crippen LogP contribution >= 0.6 is 11.8 Å². The zero-order valence-corrected chi connectivity index (χ0v) is 20.2. The molecule has 4 atom stereocenters. The van der Waals surface area contributed by atoms with Crippen LogP contribution in [0.15, 0.2) is 4.99 Å². The van der Waals surface area contributed by atoms with Crippen LogP contribution in [0.25, 0.3) is 0 Å². The molecular formula is C19H36N8O6S. The molecule has 0 bridgehead atoms. The Hall–Kier alpha value is -3.07. The zero-order chi connectivity index (χ0) is 26.3. The second-order valence-electron chi connectivity index (χ2n) is 7.53. The van der Waals surface area contributed by atoms with Gasteiger partial charge in [0, 0.05) is 13.0 Å². The number of nitrogens with one attached hydrogen (secondary N) is 3. The molecule has 0 saturated heterocycles. The standard InChI is InChI=1S/C19H36N8O6S/c1-10(25-16(30)11(20)5-6-14(21)28)15(29)26-12(7-9-34-2)17(31)27-13(18(32)33)4-3-8-24-19(22)23/h10-13H,3-9,20H2,1-2H3,(H2,21,28)(H,25,30)(H,26,29)(H,27,31)(H,32,33)(H4,22,23,24). The van der Waals surface area contributed by atoms with Crippen molar-refractivity contribution >= 4 is 47.3 Å². The highest BCUT2D eigenvalue weighted by molar-refractivity contribution is 7.98. The van der Waals surface area contributed by atoms with E-state index < -0.39 is 53.8 Å². The van der Waals surface area contributed by atoms with Gasteiger partial charge < -0.3 is 44.0 Å². The molecule has 0 aromatic rings. The summed E-state index contributed by atoms with van der Waals surface area (Å²) in [7, 11) is 0. The molecule has 34 heavy (non-hydrogen) atoms. The zero-order valence-electron chi connectivity index (χ0n) is 19.4. The first-order chi connectivity index (χ1) is 15.9. The van der Waals surface area contributed by atoms with Crippen LogP contribution in [0.3, 0.4) is 0 Å². The smallest absolute Gasteiger partial charge is 0.326 e. The maximum atomic E-state index is 12.7. The molecule has 0 heterocycles. The molecule has 0 aromatic carbocycles. The van der Waals surface area contributed by atoms with Gasteiger partial charge in [-0.05, 0) is 44.6 Å². The average molecular weight is 505 g/mol. The number of carbonyl (C=O) groups excluding carboxylic acids is 4. The fourth-order valence-corrected chi connectivity index (χ4v) is 3.12. The Morgan fingerprint density at radius 3 is 2.06 bits per heavy atom. The fourth-order valence-electron chi connectivity index (χ4n) is 2.65. The van der Waals surface area contributed by atoms with E-state index in [4.69, 9.17) is 22.9 Å². The molecule has 0 radical (unpaired) electrons. The second-order valence-corrected chi connectivity index (χ2v) is 8.52. The Morgan fingerprint density at radius 2 is 1.53 bits per heavy atom. The van der Waals surface area contributed by atoms with Gasteiger partial charge in [-0.15, -0.1) is 0 Å². The van der Waals surface area contributed by atoms with Crippen molar-refractivity contribution in [1.82, 2.24) is 16.0 Å². The molecule has 4 amide bonds. The second kappa shape index (κ2) is 16.5. The number of rotatable bonds is 17. The number of carboxylic acid groups (broad SMARTS) is 1. The normalized spacial score (nSPS) is 14.1. The third kappa shape index (κ3) is 13.5. The number of carbonyl (C=O) groups is 5. The fraction of sp³-hybridized carbons (Fsp3) is 0.684. The first-order valence-corrected chi connectivity index (χ1v) is 12.0. The van der Waals surface area contributed by atoms with Crippen LogP contribution in [0.2, 0.25) is 0 Å². The number of hydrogen-bond donors (Lipinski definition) is 8. The minimum Gasteiger partial charge on any atom is -0.480 e. The van der Waals surface area contributed by atoms with Crippen LogP contribution in [0, 0.1) is 0 Å². The Morgan fingerprint density at radius 1 is 0.912 bits per heavy atom. The molecule has 15 heteroatoms. The Balaban J connectivity index is 5.03. The van der Waals surface area contributed by atoms with E-state index in [1.54, 1.807) is 0 Å². The average Bonchev–Trinajstić information content (AvgIpc) is 2.75. The van der Waals surface area contributed by atoms with Crippen LogP contribution in [-0.4, -0.2) is 83.4 Å². The maximum absolute atomic E-state index is 12.7. The highest BCUT2D eigenvalue weighted by Gasteiger charge is 2.28. The molecule has 194 valence electrons. The highest BCUT2D eigenvalue weighted by Crippen LogP contribution is 2.05. The van der Waals surface area contributed by atoms with E-state index in [9.17, 15) is 29.1 Å². The number of aliphatic carboxylic acids is 1. The van der Waals surface area contributed by atoms with Crippen LogP contribution in [0.4, 0.5) is 0 Å². The van der Waals surface area contributed by atoms with Crippen molar-refractivity contribution in [3.8, 4) is 0 Å². The Kier molecular flexibility index (Phi) is 15.0. The summed E-state index contributed by atoms with van der Waals surface area (Å²) in [4.78, 5) is 63.5. The lowest BCUT2D eigenvalue weighted by atomic mass is 10.1. The monoisotopic (exact) mass is 504 g/mol. The van der Waals surface area contributed by atoms with Crippen molar-refractivity contribution in [1.29, 1.82) is 0 Å². The lowest BCUT2D eigenvalue weighted by Crippen LogP contribution is -2.56. The van der Waals surface area contributed by atoms with E-state index in [0.717, 1.165) is 0 Å². The summed E-state index contributed by atoms with van der Waals surface area (Å²) in [6, 6.07) is -4.29. The van der Waals surface area contributed by atoms with Crippen molar-refractivity contribution < 1.29 is 29.1 Å². The summed E-state index contributed by atoms with van der Waals surface area (Å²) >= 11 is 1.44. The third-order valence-corrected chi connectivity index (χ3v) is 5.24. The highest BCUT2D eigenvalue weighted by atomic mass is 32.2. The largest absolute Gasteiger partial charge is 0.480 e. The molecule has 4 unspecified atom stereocenters. The molecular weight excluding hydrogens is 468 g/mol. The molecule has 0 aliphatic carbocycles. The predicted octanol–water partition coefficient (Wildman–Crippen LogP) is -3.06. The van der Waals surface area contributed by atoms with Gasteiger partial charge in [-0.1, -0.05) is 0 Å². The van der Waals surface area contributed by atoms with E-state index >= 15 is 0 Å². The number of nitrogens with zero attached hydrogens (tertiary/aromatic N) is 1. The first-order valence-electron chi connectivity index (χ1n) is 10.6. The number of hydrogen-bond acceptors (Lipinski definition) is 8. The van der Waals surface area contributed by atoms with Crippen molar-refractivity contribution in [3.63, 3.8) is 0 Å². The maximum Gasteiger partial charge on any atom is 0.326 e. The van der Waals surface area contributed by atoms with Gasteiger partial charge in [0.2, 0.25) is 23.6 Å². The molecule has 14 nitrogen and oxygen atoms in total. The summed E-state index contributed by atoms with van der Waals surface area (Å²) in [5.74, 6) is -3.43. The van der Waals surface area contributed by atoms with Gasteiger partial charge in [0.15, 0.2) is 5.96 Å². The number of thioether (sulfide) groups is 1. The molecule has 0 fully saturated rings. The Bertz CT molecular complexity index is 746. The molecule has 0 spiro atoms. The summed E-state index contributed by atoms with van der Waals surface area (Å²) in [5, 5.41) is 16.8. The predicted molar refractivity (Wildman–Crippen MR) is 128 cm³/mol. The topological polar surface area (TPSA) is 258 Å². The number of amides is 4. The molecule has 0 aliphatic heterocycles. The van der Waals surface area contributed by atoms with Gasteiger partial charge in [-0.2, -0.15) is 11.8 Å². The molecule has 0 saturated carbocycles.